The molecule has 0 aliphatic carbocycles. The molecule has 0 unspecified atom stereocenters. The van der Waals surface area contributed by atoms with Crippen molar-refractivity contribution in [3.05, 3.63) is 24.3 Å². The largest absolute Gasteiger partial charge is 1.00 e. The van der Waals surface area contributed by atoms with Gasteiger partial charge in [0, 0.05) is 22.5 Å². The topological polar surface area (TPSA) is 92.7 Å². The van der Waals surface area contributed by atoms with Crippen molar-refractivity contribution in [2.24, 2.45) is 5.41 Å². The fourth-order valence-corrected chi connectivity index (χ4v) is 2.08. The van der Waals surface area contributed by atoms with E-state index in [9.17, 15) is 19.5 Å². The Morgan fingerprint density at radius 1 is 0.917 bits per heavy atom. The summed E-state index contributed by atoms with van der Waals surface area (Å²) < 4.78 is 9.94. The molecule has 0 amide bonds. The van der Waals surface area contributed by atoms with E-state index >= 15 is 0 Å². The Hall–Kier alpha value is -0.474. The first kappa shape index (κ1) is 25.8. The van der Waals surface area contributed by atoms with Crippen molar-refractivity contribution < 1.29 is 80.3 Å². The third-order valence-electron chi connectivity index (χ3n) is 3.49. The Morgan fingerprint density at radius 3 is 1.54 bits per heavy atom. The van der Waals surface area contributed by atoms with Gasteiger partial charge in [-0.3, -0.25) is 0 Å². The molecule has 0 aliphatic heterocycles. The summed E-state index contributed by atoms with van der Waals surface area (Å²) in [5.41, 5.74) is -0.718. The van der Waals surface area contributed by atoms with Gasteiger partial charge in [-0.25, -0.2) is 9.59 Å². The van der Waals surface area contributed by atoms with Crippen LogP contribution < -0.4 is 56.5 Å². The van der Waals surface area contributed by atoms with Gasteiger partial charge in [-0.2, -0.15) is 0 Å². The second-order valence-electron chi connectivity index (χ2n) is 5.65. The molecular formula is C17H25KO6. The Labute approximate surface area is 186 Å². The van der Waals surface area contributed by atoms with Gasteiger partial charge < -0.3 is 19.4 Å². The standard InChI is InChI=1S/C17H26O6.K/c1-6-7-17(16(20)21,8-10-22-14(18)12(2)3)9-11-23-15(19)13(4)5;/h2,4,6-11H2,1,3,5H3,(H,20,21);/q;+1/p-1. The van der Waals surface area contributed by atoms with Gasteiger partial charge in [-0.1, -0.05) is 26.5 Å². The summed E-state index contributed by atoms with van der Waals surface area (Å²) >= 11 is 0. The zero-order valence-electron chi connectivity index (χ0n) is 15.1. The van der Waals surface area contributed by atoms with E-state index in [0.717, 1.165) is 0 Å². The van der Waals surface area contributed by atoms with Gasteiger partial charge in [0.05, 0.1) is 13.2 Å². The first-order chi connectivity index (χ1) is 10.7. The molecule has 0 aromatic heterocycles. The van der Waals surface area contributed by atoms with Gasteiger partial charge in [-0.05, 0) is 33.1 Å². The number of hydrogen-bond donors (Lipinski definition) is 0. The summed E-state index contributed by atoms with van der Waals surface area (Å²) in [6, 6.07) is 0. The van der Waals surface area contributed by atoms with Crippen molar-refractivity contribution in [1.82, 2.24) is 0 Å². The number of esters is 2. The minimum Gasteiger partial charge on any atom is -0.550 e. The summed E-state index contributed by atoms with van der Waals surface area (Å²) in [7, 11) is 0. The minimum absolute atomic E-state index is 0. The van der Waals surface area contributed by atoms with Crippen LogP contribution in [0.1, 0.15) is 46.5 Å². The number of carbonyl (C=O) groups excluding carboxylic acids is 3. The van der Waals surface area contributed by atoms with Crippen LogP contribution in [0.5, 0.6) is 0 Å². The molecule has 7 heteroatoms. The molecule has 0 fully saturated rings. The van der Waals surface area contributed by atoms with Crippen LogP contribution >= 0.6 is 0 Å². The van der Waals surface area contributed by atoms with Crippen molar-refractivity contribution in [1.29, 1.82) is 0 Å². The molecule has 0 aromatic rings. The molecule has 0 atom stereocenters. The molecule has 0 aromatic carbocycles. The van der Waals surface area contributed by atoms with Crippen molar-refractivity contribution in [2.45, 2.75) is 46.5 Å². The van der Waals surface area contributed by atoms with Crippen LogP contribution in [-0.4, -0.2) is 31.1 Å². The van der Waals surface area contributed by atoms with E-state index in [-0.39, 0.29) is 88.6 Å². The van der Waals surface area contributed by atoms with Crippen LogP contribution in [0.4, 0.5) is 0 Å². The van der Waals surface area contributed by atoms with Crippen molar-refractivity contribution in [3.63, 3.8) is 0 Å². The Bertz CT molecular complexity index is 451. The van der Waals surface area contributed by atoms with Crippen LogP contribution in [0.25, 0.3) is 0 Å². The van der Waals surface area contributed by atoms with Crippen LogP contribution in [0.3, 0.4) is 0 Å². The normalized spacial score (nSPS) is 10.3. The summed E-state index contributed by atoms with van der Waals surface area (Å²) in [6.07, 6.45) is 1.13. The number of carboxylic acid groups (broad SMARTS) is 1. The number of ether oxygens (including phenoxy) is 2. The molecule has 0 aliphatic rings. The number of rotatable bonds is 11. The van der Waals surface area contributed by atoms with E-state index in [1.165, 1.54) is 13.8 Å². The van der Waals surface area contributed by atoms with Gasteiger partial charge in [0.2, 0.25) is 0 Å². The van der Waals surface area contributed by atoms with Gasteiger partial charge >= 0.3 is 63.3 Å². The zero-order chi connectivity index (χ0) is 18.0. The molecule has 0 spiro atoms. The Kier molecular flexibility index (Phi) is 13.8. The van der Waals surface area contributed by atoms with E-state index in [2.05, 4.69) is 13.2 Å². The van der Waals surface area contributed by atoms with Crippen molar-refractivity contribution in [2.75, 3.05) is 13.2 Å². The summed E-state index contributed by atoms with van der Waals surface area (Å²) in [6.45, 7) is 11.7. The third kappa shape index (κ3) is 9.13. The molecule has 0 heterocycles. The molecule has 0 saturated carbocycles. The maximum atomic E-state index is 11.6. The van der Waals surface area contributed by atoms with E-state index < -0.39 is 23.3 Å². The summed E-state index contributed by atoms with van der Waals surface area (Å²) in [5.74, 6) is -2.37. The molecule has 0 rings (SSSR count). The third-order valence-corrected chi connectivity index (χ3v) is 3.49. The average Bonchev–Trinajstić information content (AvgIpc) is 2.46. The summed E-state index contributed by atoms with van der Waals surface area (Å²) in [4.78, 5) is 34.3. The maximum absolute atomic E-state index is 11.6. The Balaban J connectivity index is 0. The molecule has 0 bridgehead atoms. The number of carbonyl (C=O) groups is 3. The SMILES string of the molecule is C=C(C)C(=O)OCCC(CCC)(CCOC(=O)C(=C)C)C(=O)[O-].[K+]. The van der Waals surface area contributed by atoms with Crippen LogP contribution in [0, 0.1) is 5.41 Å². The monoisotopic (exact) mass is 364 g/mol. The first-order valence-corrected chi connectivity index (χ1v) is 7.53. The molecule has 6 nitrogen and oxygen atoms in total. The van der Waals surface area contributed by atoms with Gasteiger partial charge in [0.15, 0.2) is 0 Å². The zero-order valence-corrected chi connectivity index (χ0v) is 18.2. The quantitative estimate of drug-likeness (QED) is 0.253. The molecule has 0 saturated heterocycles. The predicted molar refractivity (Wildman–Crippen MR) is 83.1 cm³/mol. The molecular weight excluding hydrogens is 339 g/mol. The van der Waals surface area contributed by atoms with Gasteiger partial charge in [0.25, 0.3) is 0 Å². The van der Waals surface area contributed by atoms with Gasteiger partial charge in [0.1, 0.15) is 0 Å². The Morgan fingerprint density at radius 2 is 1.29 bits per heavy atom. The average molecular weight is 364 g/mol. The van der Waals surface area contributed by atoms with Crippen LogP contribution in [0.15, 0.2) is 24.3 Å². The smallest absolute Gasteiger partial charge is 0.550 e. The number of carboxylic acids is 1. The number of hydrogen-bond acceptors (Lipinski definition) is 6. The number of aliphatic carboxylic acids is 1. The molecule has 24 heavy (non-hydrogen) atoms. The minimum atomic E-state index is -1.24. The van der Waals surface area contributed by atoms with Crippen LogP contribution in [-0.2, 0) is 23.9 Å². The fourth-order valence-electron chi connectivity index (χ4n) is 2.08. The van der Waals surface area contributed by atoms with E-state index in [1.54, 1.807) is 0 Å². The second-order valence-corrected chi connectivity index (χ2v) is 5.65. The second kappa shape index (κ2) is 12.8. The first-order valence-electron chi connectivity index (χ1n) is 7.53. The van der Waals surface area contributed by atoms with E-state index in [0.29, 0.717) is 12.8 Å². The summed E-state index contributed by atoms with van der Waals surface area (Å²) in [5, 5.41) is 11.6. The predicted octanol–water partition coefficient (Wildman–Crippen LogP) is -1.45. The van der Waals surface area contributed by atoms with Gasteiger partial charge in [-0.15, -0.1) is 0 Å². The van der Waals surface area contributed by atoms with Crippen molar-refractivity contribution >= 4 is 17.9 Å². The molecule has 0 N–H and O–H groups in total. The van der Waals surface area contributed by atoms with E-state index in [1.807, 2.05) is 6.92 Å². The molecule has 0 radical (unpaired) electrons. The van der Waals surface area contributed by atoms with Crippen molar-refractivity contribution in [3.8, 4) is 0 Å². The van der Waals surface area contributed by atoms with Crippen LogP contribution in [0.2, 0.25) is 0 Å². The maximum Gasteiger partial charge on any atom is 1.00 e. The van der Waals surface area contributed by atoms with E-state index in [4.69, 9.17) is 9.47 Å². The molecule has 130 valence electrons. The fraction of sp³-hybridized carbons (Fsp3) is 0.588.